The Bertz CT molecular complexity index is 717. The largest absolute Gasteiger partial charge is 0.490 e. The van der Waals surface area contributed by atoms with Crippen LogP contribution in [0, 0.1) is 0 Å². The van der Waals surface area contributed by atoms with Gasteiger partial charge in [0, 0.05) is 56.6 Å². The van der Waals surface area contributed by atoms with E-state index < -0.39 is 18.1 Å². The van der Waals surface area contributed by atoms with Gasteiger partial charge in [0.15, 0.2) is 0 Å². The highest BCUT2D eigenvalue weighted by Gasteiger charge is 2.38. The van der Waals surface area contributed by atoms with Crippen molar-refractivity contribution in [3.8, 4) is 0 Å². The average molecular weight is 420 g/mol. The second-order valence-electron chi connectivity index (χ2n) is 7.73. The topological polar surface area (TPSA) is 98.9 Å². The third-order valence-electron chi connectivity index (χ3n) is 4.15. The van der Waals surface area contributed by atoms with Crippen molar-refractivity contribution < 1.29 is 33.0 Å². The van der Waals surface area contributed by atoms with Crippen LogP contribution < -0.4 is 0 Å². The van der Waals surface area contributed by atoms with Crippen molar-refractivity contribution in [2.75, 3.05) is 32.7 Å². The number of piperazine rings is 1. The van der Waals surface area contributed by atoms with E-state index in [0.717, 1.165) is 32.7 Å². The van der Waals surface area contributed by atoms with Crippen molar-refractivity contribution >= 4 is 11.9 Å². The van der Waals surface area contributed by atoms with Crippen LogP contribution in [0.3, 0.4) is 0 Å². The standard InChI is InChI=1S/C16H26N4O2.C2HF3O2/c1-13(15(21)22)10-18-5-7-19(8-6-18)11-14-9-17-20(12-14)16(2,3)4;3-2(4,5)1(6)7/h9,12H,1,5-8,10-11H2,2-4H3,(H,21,22);(H,6,7). The number of hydrogen-bond donors (Lipinski definition) is 2. The van der Waals surface area contributed by atoms with E-state index in [1.807, 2.05) is 10.9 Å². The minimum atomic E-state index is -5.08. The number of carbonyl (C=O) groups is 2. The SMILES string of the molecule is C=C(CN1CCN(Cc2cnn(C(C)(C)C)c2)CC1)C(=O)O.O=C(O)C(F)(F)F. The number of rotatable bonds is 5. The molecular formula is C18H27F3N4O4. The van der Waals surface area contributed by atoms with Gasteiger partial charge >= 0.3 is 18.1 Å². The summed E-state index contributed by atoms with van der Waals surface area (Å²) in [6.45, 7) is 15.0. The van der Waals surface area contributed by atoms with Crippen molar-refractivity contribution in [3.05, 3.63) is 30.1 Å². The fraction of sp³-hybridized carbons (Fsp3) is 0.611. The molecular weight excluding hydrogens is 393 g/mol. The summed E-state index contributed by atoms with van der Waals surface area (Å²) in [5, 5.41) is 20.4. The molecule has 0 amide bonds. The molecule has 0 unspecified atom stereocenters. The summed E-state index contributed by atoms with van der Waals surface area (Å²) in [5.41, 5.74) is 1.49. The highest BCUT2D eigenvalue weighted by molar-refractivity contribution is 5.86. The van der Waals surface area contributed by atoms with Crippen LogP contribution in [0.1, 0.15) is 26.3 Å². The van der Waals surface area contributed by atoms with Gasteiger partial charge in [0.05, 0.1) is 11.7 Å². The molecule has 11 heteroatoms. The third-order valence-corrected chi connectivity index (χ3v) is 4.15. The maximum atomic E-state index is 10.8. The Morgan fingerprint density at radius 3 is 1.97 bits per heavy atom. The predicted molar refractivity (Wildman–Crippen MR) is 99.4 cm³/mol. The van der Waals surface area contributed by atoms with E-state index in [-0.39, 0.29) is 11.1 Å². The van der Waals surface area contributed by atoms with Crippen LogP contribution in [-0.4, -0.2) is 80.6 Å². The minimum absolute atomic E-state index is 0.00808. The zero-order valence-electron chi connectivity index (χ0n) is 16.7. The van der Waals surface area contributed by atoms with Crippen molar-refractivity contribution in [2.45, 2.75) is 39.0 Å². The van der Waals surface area contributed by atoms with Crippen LogP contribution >= 0.6 is 0 Å². The Morgan fingerprint density at radius 2 is 1.59 bits per heavy atom. The zero-order valence-corrected chi connectivity index (χ0v) is 16.7. The fourth-order valence-corrected chi connectivity index (χ4v) is 2.51. The molecule has 0 atom stereocenters. The molecule has 2 heterocycles. The maximum absolute atomic E-state index is 10.8. The van der Waals surface area contributed by atoms with Gasteiger partial charge in [-0.2, -0.15) is 18.3 Å². The lowest BCUT2D eigenvalue weighted by Gasteiger charge is -2.34. The van der Waals surface area contributed by atoms with E-state index in [1.54, 1.807) is 0 Å². The van der Waals surface area contributed by atoms with Gasteiger partial charge in [-0.25, -0.2) is 9.59 Å². The second kappa shape index (κ2) is 9.88. The number of halogens is 3. The van der Waals surface area contributed by atoms with E-state index in [2.05, 4.69) is 48.4 Å². The highest BCUT2D eigenvalue weighted by atomic mass is 19.4. The van der Waals surface area contributed by atoms with Gasteiger partial charge in [-0.3, -0.25) is 14.5 Å². The Morgan fingerprint density at radius 1 is 1.10 bits per heavy atom. The smallest absolute Gasteiger partial charge is 0.478 e. The van der Waals surface area contributed by atoms with Crippen molar-refractivity contribution in [3.63, 3.8) is 0 Å². The summed E-state index contributed by atoms with van der Waals surface area (Å²) < 4.78 is 33.7. The molecule has 1 aliphatic rings. The van der Waals surface area contributed by atoms with Gasteiger partial charge < -0.3 is 10.2 Å². The first-order chi connectivity index (χ1) is 13.2. The number of carboxylic acids is 2. The molecule has 8 nitrogen and oxygen atoms in total. The molecule has 1 aliphatic heterocycles. The first-order valence-electron chi connectivity index (χ1n) is 8.90. The van der Waals surface area contributed by atoms with E-state index in [4.69, 9.17) is 15.0 Å². The van der Waals surface area contributed by atoms with E-state index in [9.17, 15) is 18.0 Å². The van der Waals surface area contributed by atoms with E-state index in [0.29, 0.717) is 6.54 Å². The van der Waals surface area contributed by atoms with Crippen LogP contribution in [0.4, 0.5) is 13.2 Å². The van der Waals surface area contributed by atoms with Gasteiger partial charge in [0.2, 0.25) is 0 Å². The minimum Gasteiger partial charge on any atom is -0.478 e. The van der Waals surface area contributed by atoms with Gasteiger partial charge in [-0.15, -0.1) is 0 Å². The van der Waals surface area contributed by atoms with Gasteiger partial charge in [-0.1, -0.05) is 6.58 Å². The average Bonchev–Trinajstić information content (AvgIpc) is 3.05. The molecule has 0 aromatic carbocycles. The summed E-state index contributed by atoms with van der Waals surface area (Å²) >= 11 is 0. The van der Waals surface area contributed by atoms with E-state index >= 15 is 0 Å². The molecule has 164 valence electrons. The molecule has 0 radical (unpaired) electrons. The number of nitrogens with zero attached hydrogens (tertiary/aromatic N) is 4. The molecule has 1 saturated heterocycles. The van der Waals surface area contributed by atoms with Crippen LogP contribution in [0.2, 0.25) is 0 Å². The first-order valence-corrected chi connectivity index (χ1v) is 8.90. The Labute approximate surface area is 167 Å². The molecule has 1 aromatic rings. The number of aliphatic carboxylic acids is 2. The fourth-order valence-electron chi connectivity index (χ4n) is 2.51. The summed E-state index contributed by atoms with van der Waals surface area (Å²) in [6.07, 6.45) is -1.04. The lowest BCUT2D eigenvalue weighted by atomic mass is 10.1. The molecule has 2 N–H and O–H groups in total. The normalized spacial score (nSPS) is 16.1. The van der Waals surface area contributed by atoms with Crippen LogP contribution in [0.5, 0.6) is 0 Å². The summed E-state index contributed by atoms with van der Waals surface area (Å²) in [6, 6.07) is 0. The molecule has 0 bridgehead atoms. The molecule has 0 spiro atoms. The quantitative estimate of drug-likeness (QED) is 0.704. The Hall–Kier alpha value is -2.40. The highest BCUT2D eigenvalue weighted by Crippen LogP contribution is 2.15. The monoisotopic (exact) mass is 420 g/mol. The van der Waals surface area contributed by atoms with Crippen LogP contribution in [-0.2, 0) is 21.7 Å². The van der Waals surface area contributed by atoms with Gasteiger partial charge in [0.25, 0.3) is 0 Å². The predicted octanol–water partition coefficient (Wildman–Crippen LogP) is 2.03. The first kappa shape index (κ1) is 24.6. The third kappa shape index (κ3) is 8.65. The number of hydrogen-bond acceptors (Lipinski definition) is 5. The molecule has 2 rings (SSSR count). The second-order valence-corrected chi connectivity index (χ2v) is 7.73. The van der Waals surface area contributed by atoms with Crippen molar-refractivity contribution in [2.24, 2.45) is 0 Å². The van der Waals surface area contributed by atoms with Crippen molar-refractivity contribution in [1.29, 1.82) is 0 Å². The molecule has 29 heavy (non-hydrogen) atoms. The van der Waals surface area contributed by atoms with Gasteiger partial charge in [-0.05, 0) is 20.8 Å². The summed E-state index contributed by atoms with van der Waals surface area (Å²) in [5.74, 6) is -3.66. The summed E-state index contributed by atoms with van der Waals surface area (Å²) in [7, 11) is 0. The Balaban J connectivity index is 0.000000516. The lowest BCUT2D eigenvalue weighted by Crippen LogP contribution is -2.46. The number of alkyl halides is 3. The van der Waals surface area contributed by atoms with Crippen LogP contribution in [0.15, 0.2) is 24.5 Å². The zero-order chi connectivity index (χ0) is 22.4. The maximum Gasteiger partial charge on any atom is 0.490 e. The number of carboxylic acid groups (broad SMARTS) is 2. The van der Waals surface area contributed by atoms with E-state index in [1.165, 1.54) is 5.56 Å². The molecule has 1 fully saturated rings. The molecule has 0 aliphatic carbocycles. The number of aromatic nitrogens is 2. The van der Waals surface area contributed by atoms with Gasteiger partial charge in [0.1, 0.15) is 0 Å². The summed E-state index contributed by atoms with van der Waals surface area (Å²) in [4.78, 5) is 24.2. The molecule has 1 aromatic heterocycles. The van der Waals surface area contributed by atoms with Crippen LogP contribution in [0.25, 0.3) is 0 Å². The lowest BCUT2D eigenvalue weighted by molar-refractivity contribution is -0.192. The van der Waals surface area contributed by atoms with Crippen molar-refractivity contribution in [1.82, 2.24) is 19.6 Å². The molecule has 0 saturated carbocycles. The Kier molecular flexibility index (Phi) is 8.39.